The minimum atomic E-state index is -0.329. The van der Waals surface area contributed by atoms with E-state index >= 15 is 0 Å². The first-order chi connectivity index (χ1) is 10.9. The van der Waals surface area contributed by atoms with Crippen LogP contribution in [0.5, 0.6) is 0 Å². The highest BCUT2D eigenvalue weighted by Crippen LogP contribution is 2.24. The van der Waals surface area contributed by atoms with Crippen molar-refractivity contribution in [3.05, 3.63) is 29.8 Å². The lowest BCUT2D eigenvalue weighted by Gasteiger charge is -2.16. The summed E-state index contributed by atoms with van der Waals surface area (Å²) in [5.41, 5.74) is 0.966. The second kappa shape index (κ2) is 5.98. The Morgan fingerprint density at radius 1 is 1.22 bits per heavy atom. The fourth-order valence-electron chi connectivity index (χ4n) is 2.45. The summed E-state index contributed by atoms with van der Waals surface area (Å²) in [6.07, 6.45) is 3.72. The number of carbonyl (C=O) groups excluding carboxylic acids is 1. The van der Waals surface area contributed by atoms with Crippen molar-refractivity contribution in [3.8, 4) is 0 Å². The molecule has 3 rings (SSSR count). The molecule has 1 saturated heterocycles. The van der Waals surface area contributed by atoms with E-state index < -0.39 is 0 Å². The quantitative estimate of drug-likeness (QED) is 0.937. The van der Waals surface area contributed by atoms with Gasteiger partial charge in [0.05, 0.1) is 5.69 Å². The summed E-state index contributed by atoms with van der Waals surface area (Å²) >= 11 is 0. The highest BCUT2D eigenvalue weighted by atomic mass is 16.5. The van der Waals surface area contributed by atoms with Crippen LogP contribution in [-0.2, 0) is 5.41 Å². The highest BCUT2D eigenvalue weighted by Gasteiger charge is 2.21. The Morgan fingerprint density at radius 3 is 2.61 bits per heavy atom. The summed E-state index contributed by atoms with van der Waals surface area (Å²) < 4.78 is 5.18. The topological polar surface area (TPSA) is 84.2 Å². The smallest absolute Gasteiger partial charge is 0.276 e. The molecule has 3 heterocycles. The second-order valence-electron chi connectivity index (χ2n) is 6.74. The van der Waals surface area contributed by atoms with Gasteiger partial charge in [-0.25, -0.2) is 9.97 Å². The summed E-state index contributed by atoms with van der Waals surface area (Å²) in [7, 11) is 0. The molecule has 1 fully saturated rings. The number of aromatic nitrogens is 3. The van der Waals surface area contributed by atoms with Crippen molar-refractivity contribution in [3.63, 3.8) is 0 Å². The molecule has 0 spiro atoms. The lowest BCUT2D eigenvalue weighted by atomic mass is 9.92. The number of carbonyl (C=O) groups is 1. The molecular weight excluding hydrogens is 294 g/mol. The van der Waals surface area contributed by atoms with E-state index in [1.807, 2.05) is 20.8 Å². The number of rotatable bonds is 3. The molecule has 0 bridgehead atoms. The number of nitrogens with zero attached hydrogens (tertiary/aromatic N) is 4. The van der Waals surface area contributed by atoms with Crippen molar-refractivity contribution in [1.29, 1.82) is 0 Å². The Bertz CT molecular complexity index is 698. The lowest BCUT2D eigenvalue weighted by Crippen LogP contribution is -2.21. The molecule has 2 aromatic heterocycles. The monoisotopic (exact) mass is 315 g/mol. The van der Waals surface area contributed by atoms with Crippen LogP contribution in [-0.4, -0.2) is 34.1 Å². The maximum Gasteiger partial charge on any atom is 0.276 e. The Kier molecular flexibility index (Phi) is 4.02. The molecule has 0 radical (unpaired) electrons. The van der Waals surface area contributed by atoms with Gasteiger partial charge in [0.1, 0.15) is 17.8 Å². The molecule has 0 saturated carbocycles. The predicted octanol–water partition coefficient (Wildman–Crippen LogP) is 2.61. The van der Waals surface area contributed by atoms with E-state index in [1.165, 1.54) is 6.33 Å². The third-order valence-corrected chi connectivity index (χ3v) is 3.83. The molecule has 2 aromatic rings. The average Bonchev–Trinajstić information content (AvgIpc) is 3.18. The molecule has 1 aliphatic rings. The molecule has 122 valence electrons. The number of amides is 1. The molecule has 1 N–H and O–H groups in total. The Labute approximate surface area is 135 Å². The zero-order valence-corrected chi connectivity index (χ0v) is 13.7. The van der Waals surface area contributed by atoms with Crippen molar-refractivity contribution < 1.29 is 9.32 Å². The molecule has 23 heavy (non-hydrogen) atoms. The third-order valence-electron chi connectivity index (χ3n) is 3.83. The molecule has 0 aliphatic carbocycles. The highest BCUT2D eigenvalue weighted by molar-refractivity contribution is 6.02. The Balaban J connectivity index is 1.73. The van der Waals surface area contributed by atoms with Gasteiger partial charge in [0, 0.05) is 30.6 Å². The average molecular weight is 315 g/mol. The van der Waals surface area contributed by atoms with Gasteiger partial charge in [0.25, 0.3) is 5.91 Å². The van der Waals surface area contributed by atoms with Gasteiger partial charge in [-0.3, -0.25) is 10.1 Å². The summed E-state index contributed by atoms with van der Waals surface area (Å²) in [5.74, 6) is 0.779. The van der Waals surface area contributed by atoms with Crippen molar-refractivity contribution in [2.75, 3.05) is 23.3 Å². The fourth-order valence-corrected chi connectivity index (χ4v) is 2.45. The van der Waals surface area contributed by atoms with E-state index in [4.69, 9.17) is 4.52 Å². The van der Waals surface area contributed by atoms with Gasteiger partial charge in [0.15, 0.2) is 0 Å². The minimum Gasteiger partial charge on any atom is -0.357 e. The van der Waals surface area contributed by atoms with Gasteiger partial charge in [-0.05, 0) is 12.8 Å². The number of anilines is 2. The van der Waals surface area contributed by atoms with E-state index in [2.05, 4.69) is 25.3 Å². The van der Waals surface area contributed by atoms with E-state index in [9.17, 15) is 4.79 Å². The lowest BCUT2D eigenvalue weighted by molar-refractivity contribution is 0.101. The van der Waals surface area contributed by atoms with Crippen molar-refractivity contribution in [2.45, 2.75) is 39.0 Å². The first kappa shape index (κ1) is 15.5. The van der Waals surface area contributed by atoms with E-state index in [0.29, 0.717) is 11.6 Å². The molecule has 0 unspecified atom stereocenters. The van der Waals surface area contributed by atoms with E-state index in [1.54, 1.807) is 12.1 Å². The summed E-state index contributed by atoms with van der Waals surface area (Å²) in [4.78, 5) is 22.8. The SMILES string of the molecule is CC(C)(C)c1cc(NC(=O)c2cc(N3CCCC3)ncn2)on1. The zero-order valence-electron chi connectivity index (χ0n) is 13.7. The van der Waals surface area contributed by atoms with Crippen LogP contribution in [0.25, 0.3) is 0 Å². The number of hydrogen-bond donors (Lipinski definition) is 1. The molecular formula is C16H21N5O2. The van der Waals surface area contributed by atoms with Crippen LogP contribution in [0.4, 0.5) is 11.7 Å². The molecule has 1 amide bonds. The van der Waals surface area contributed by atoms with Gasteiger partial charge in [-0.1, -0.05) is 25.9 Å². The second-order valence-corrected chi connectivity index (χ2v) is 6.74. The van der Waals surface area contributed by atoms with Crippen molar-refractivity contribution in [1.82, 2.24) is 15.1 Å². The molecule has 1 aliphatic heterocycles. The van der Waals surface area contributed by atoms with Crippen LogP contribution in [0.15, 0.2) is 23.0 Å². The van der Waals surface area contributed by atoms with Crippen LogP contribution >= 0.6 is 0 Å². The van der Waals surface area contributed by atoms with Gasteiger partial charge in [0.2, 0.25) is 5.88 Å². The van der Waals surface area contributed by atoms with Gasteiger partial charge in [-0.2, -0.15) is 0 Å². The molecule has 7 nitrogen and oxygen atoms in total. The summed E-state index contributed by atoms with van der Waals surface area (Å²) in [5, 5.41) is 6.68. The van der Waals surface area contributed by atoms with Crippen LogP contribution in [0.1, 0.15) is 49.8 Å². The van der Waals surface area contributed by atoms with Gasteiger partial charge < -0.3 is 9.42 Å². The molecule has 0 aromatic carbocycles. The summed E-state index contributed by atoms with van der Waals surface area (Å²) in [6.45, 7) is 8.03. The van der Waals surface area contributed by atoms with E-state index in [0.717, 1.165) is 37.4 Å². The minimum absolute atomic E-state index is 0.135. The van der Waals surface area contributed by atoms with Crippen molar-refractivity contribution in [2.24, 2.45) is 0 Å². The predicted molar refractivity (Wildman–Crippen MR) is 86.6 cm³/mol. The Hall–Kier alpha value is -2.44. The standard InChI is InChI=1S/C16H21N5O2/c1-16(2,3)12-9-14(23-20-12)19-15(22)11-8-13(18-10-17-11)21-6-4-5-7-21/h8-10H,4-7H2,1-3H3,(H,19,22). The van der Waals surface area contributed by atoms with Crippen LogP contribution in [0.2, 0.25) is 0 Å². The largest absolute Gasteiger partial charge is 0.357 e. The zero-order chi connectivity index (χ0) is 16.4. The molecule has 7 heteroatoms. The van der Waals surface area contributed by atoms with Crippen LogP contribution in [0.3, 0.4) is 0 Å². The maximum absolute atomic E-state index is 12.3. The normalized spacial score (nSPS) is 15.0. The first-order valence-electron chi connectivity index (χ1n) is 7.79. The fraction of sp³-hybridized carbons (Fsp3) is 0.500. The van der Waals surface area contributed by atoms with Crippen molar-refractivity contribution >= 4 is 17.6 Å². The Morgan fingerprint density at radius 2 is 1.96 bits per heavy atom. The first-order valence-corrected chi connectivity index (χ1v) is 7.79. The van der Waals surface area contributed by atoms with Crippen LogP contribution in [0, 0.1) is 0 Å². The molecule has 0 atom stereocenters. The number of hydrogen-bond acceptors (Lipinski definition) is 6. The number of nitrogens with one attached hydrogen (secondary N) is 1. The maximum atomic E-state index is 12.3. The van der Waals surface area contributed by atoms with E-state index in [-0.39, 0.29) is 11.3 Å². The van der Waals surface area contributed by atoms with Gasteiger partial charge in [-0.15, -0.1) is 0 Å². The van der Waals surface area contributed by atoms with Gasteiger partial charge >= 0.3 is 0 Å². The summed E-state index contributed by atoms with van der Waals surface area (Å²) in [6, 6.07) is 3.45. The third kappa shape index (κ3) is 3.49. The van der Waals surface area contributed by atoms with Crippen LogP contribution < -0.4 is 10.2 Å².